The van der Waals surface area contributed by atoms with E-state index in [2.05, 4.69) is 5.32 Å². The van der Waals surface area contributed by atoms with Crippen molar-refractivity contribution < 1.29 is 19.1 Å². The third kappa shape index (κ3) is 6.01. The lowest BCUT2D eigenvalue weighted by molar-refractivity contribution is -0.137. The topological polar surface area (TPSA) is 67.9 Å². The molecule has 1 rings (SSSR count). The smallest absolute Gasteiger partial charge is 0.408 e. The molecule has 1 fully saturated rings. The Bertz CT molecular complexity index is 423. The Morgan fingerprint density at radius 3 is 2.30 bits per heavy atom. The Hall–Kier alpha value is -1.30. The lowest BCUT2D eigenvalue weighted by Gasteiger charge is -2.36. The van der Waals surface area contributed by atoms with E-state index in [4.69, 9.17) is 9.47 Å². The number of hydrogen-bond donors (Lipinski definition) is 1. The monoisotopic (exact) mass is 328 g/mol. The number of carbonyl (C=O) groups excluding carboxylic acids is 2. The van der Waals surface area contributed by atoms with Gasteiger partial charge in [-0.05, 0) is 39.0 Å². The summed E-state index contributed by atoms with van der Waals surface area (Å²) in [7, 11) is 1.64. The number of amides is 2. The fourth-order valence-electron chi connectivity index (χ4n) is 2.73. The fourth-order valence-corrected chi connectivity index (χ4v) is 2.73. The van der Waals surface area contributed by atoms with Gasteiger partial charge in [0.15, 0.2) is 0 Å². The summed E-state index contributed by atoms with van der Waals surface area (Å²) < 4.78 is 10.5. The minimum atomic E-state index is -0.630. The zero-order valence-corrected chi connectivity index (χ0v) is 15.6. The molecule has 0 aliphatic carbocycles. The molecule has 0 spiro atoms. The highest BCUT2D eigenvalue weighted by Crippen LogP contribution is 2.26. The van der Waals surface area contributed by atoms with Crippen LogP contribution in [0.5, 0.6) is 0 Å². The molecule has 0 bridgehead atoms. The van der Waals surface area contributed by atoms with Crippen molar-refractivity contribution in [1.82, 2.24) is 10.2 Å². The molecular weight excluding hydrogens is 296 g/mol. The van der Waals surface area contributed by atoms with Gasteiger partial charge in [0.25, 0.3) is 0 Å². The van der Waals surface area contributed by atoms with E-state index in [1.165, 1.54) is 0 Å². The standard InChI is InChI=1S/C17H32N2O4/c1-16(2,3)13(18-15(21)23-17(4,5)6)14(20)19-10-8-9-12(19)11-22-7/h12-13H,8-11H2,1-7H3,(H,18,21)/t12-,13?/m0/s1. The maximum Gasteiger partial charge on any atom is 0.408 e. The van der Waals surface area contributed by atoms with Crippen molar-refractivity contribution in [2.75, 3.05) is 20.3 Å². The molecule has 1 saturated heterocycles. The largest absolute Gasteiger partial charge is 0.444 e. The van der Waals surface area contributed by atoms with Crippen LogP contribution in [0.4, 0.5) is 4.79 Å². The van der Waals surface area contributed by atoms with E-state index >= 15 is 0 Å². The fraction of sp³-hybridized carbons (Fsp3) is 0.882. The second-order valence-electron chi connectivity index (χ2n) is 8.23. The van der Waals surface area contributed by atoms with Gasteiger partial charge < -0.3 is 19.7 Å². The molecule has 1 aliphatic heterocycles. The summed E-state index contributed by atoms with van der Waals surface area (Å²) in [6.45, 7) is 12.4. The minimum absolute atomic E-state index is 0.0668. The second-order valence-corrected chi connectivity index (χ2v) is 8.23. The highest BCUT2D eigenvalue weighted by Gasteiger charge is 2.40. The number of nitrogens with one attached hydrogen (secondary N) is 1. The second kappa shape index (κ2) is 7.51. The first kappa shape index (κ1) is 19.7. The first-order valence-corrected chi connectivity index (χ1v) is 8.24. The number of rotatable bonds is 4. The predicted molar refractivity (Wildman–Crippen MR) is 89.2 cm³/mol. The number of carbonyl (C=O) groups is 2. The Kier molecular flexibility index (Phi) is 6.45. The van der Waals surface area contributed by atoms with Crippen molar-refractivity contribution in [3.63, 3.8) is 0 Å². The van der Waals surface area contributed by atoms with Gasteiger partial charge in [-0.15, -0.1) is 0 Å². The van der Waals surface area contributed by atoms with Crippen LogP contribution < -0.4 is 5.32 Å². The molecule has 23 heavy (non-hydrogen) atoms. The molecule has 0 aromatic rings. The Labute approximate surface area is 139 Å². The van der Waals surface area contributed by atoms with Gasteiger partial charge in [-0.3, -0.25) is 4.79 Å². The van der Waals surface area contributed by atoms with Gasteiger partial charge in [0.2, 0.25) is 5.91 Å². The molecule has 2 atom stereocenters. The maximum absolute atomic E-state index is 13.0. The van der Waals surface area contributed by atoms with E-state index < -0.39 is 23.2 Å². The molecule has 0 radical (unpaired) electrons. The summed E-state index contributed by atoms with van der Waals surface area (Å²) in [6, 6.07) is -0.549. The van der Waals surface area contributed by atoms with Gasteiger partial charge in [-0.25, -0.2) is 4.79 Å². The lowest BCUT2D eigenvalue weighted by Crippen LogP contribution is -2.56. The summed E-state index contributed by atoms with van der Waals surface area (Å²) in [4.78, 5) is 26.9. The molecule has 0 saturated carbocycles. The third-order valence-corrected chi connectivity index (χ3v) is 3.79. The van der Waals surface area contributed by atoms with Gasteiger partial charge in [0.1, 0.15) is 11.6 Å². The van der Waals surface area contributed by atoms with Crippen molar-refractivity contribution >= 4 is 12.0 Å². The van der Waals surface area contributed by atoms with Gasteiger partial charge >= 0.3 is 6.09 Å². The molecule has 1 aliphatic rings. The molecule has 2 amide bonds. The third-order valence-electron chi connectivity index (χ3n) is 3.79. The van der Waals surface area contributed by atoms with Crippen molar-refractivity contribution in [1.29, 1.82) is 0 Å². The number of likely N-dealkylation sites (tertiary alicyclic amines) is 1. The minimum Gasteiger partial charge on any atom is -0.444 e. The molecule has 1 N–H and O–H groups in total. The summed E-state index contributed by atoms with van der Waals surface area (Å²) in [5.41, 5.74) is -1.00. The van der Waals surface area contributed by atoms with Gasteiger partial charge in [-0.2, -0.15) is 0 Å². The predicted octanol–water partition coefficient (Wildman–Crippen LogP) is 2.56. The number of hydrogen-bond acceptors (Lipinski definition) is 4. The summed E-state index contributed by atoms with van der Waals surface area (Å²) in [5.74, 6) is -0.0668. The average molecular weight is 328 g/mol. The molecule has 0 aromatic heterocycles. The van der Waals surface area contributed by atoms with Crippen molar-refractivity contribution in [3.05, 3.63) is 0 Å². The molecule has 0 aromatic carbocycles. The lowest BCUT2D eigenvalue weighted by atomic mass is 9.85. The molecule has 6 nitrogen and oxygen atoms in total. The highest BCUT2D eigenvalue weighted by atomic mass is 16.6. The van der Waals surface area contributed by atoms with Crippen molar-refractivity contribution in [3.8, 4) is 0 Å². The quantitative estimate of drug-likeness (QED) is 0.861. The number of alkyl carbamates (subject to hydrolysis) is 1. The highest BCUT2D eigenvalue weighted by molar-refractivity contribution is 5.87. The van der Waals surface area contributed by atoms with Crippen LogP contribution in [0.25, 0.3) is 0 Å². The first-order valence-electron chi connectivity index (χ1n) is 8.24. The summed E-state index contributed by atoms with van der Waals surface area (Å²) in [5, 5.41) is 2.76. The average Bonchev–Trinajstić information content (AvgIpc) is 2.80. The van der Waals surface area contributed by atoms with Gasteiger partial charge in [0.05, 0.1) is 12.6 Å². The zero-order valence-electron chi connectivity index (χ0n) is 15.6. The molecule has 1 heterocycles. The van der Waals surface area contributed by atoms with Crippen molar-refractivity contribution in [2.45, 2.75) is 72.1 Å². The van der Waals surface area contributed by atoms with Crippen molar-refractivity contribution in [2.24, 2.45) is 5.41 Å². The Balaban J connectivity index is 2.85. The van der Waals surface area contributed by atoms with Crippen LogP contribution >= 0.6 is 0 Å². The zero-order chi connectivity index (χ0) is 17.8. The number of methoxy groups -OCH3 is 1. The van der Waals surface area contributed by atoms with E-state index in [1.54, 1.807) is 27.9 Å². The normalized spacial score (nSPS) is 20.3. The number of nitrogens with zero attached hydrogens (tertiary/aromatic N) is 1. The van der Waals surface area contributed by atoms with Crippen LogP contribution in [0.15, 0.2) is 0 Å². The first-order chi connectivity index (χ1) is 10.5. The van der Waals surface area contributed by atoms with Crippen LogP contribution in [0.1, 0.15) is 54.4 Å². The molecule has 1 unspecified atom stereocenters. The SMILES string of the molecule is COC[C@@H]1CCCN1C(=O)C(NC(=O)OC(C)(C)C)C(C)(C)C. The van der Waals surface area contributed by atoms with Crippen LogP contribution in [-0.2, 0) is 14.3 Å². The van der Waals surface area contributed by atoms with Gasteiger partial charge in [-0.1, -0.05) is 20.8 Å². The van der Waals surface area contributed by atoms with Crippen LogP contribution in [0.2, 0.25) is 0 Å². The van der Waals surface area contributed by atoms with E-state index in [1.807, 2.05) is 25.7 Å². The van der Waals surface area contributed by atoms with E-state index in [9.17, 15) is 9.59 Å². The van der Waals surface area contributed by atoms with E-state index in [-0.39, 0.29) is 11.9 Å². The number of ether oxygens (including phenoxy) is 2. The van der Waals surface area contributed by atoms with Gasteiger partial charge in [0, 0.05) is 13.7 Å². The maximum atomic E-state index is 13.0. The Morgan fingerprint density at radius 1 is 1.22 bits per heavy atom. The van der Waals surface area contributed by atoms with E-state index in [0.29, 0.717) is 13.2 Å². The van der Waals surface area contributed by atoms with E-state index in [0.717, 1.165) is 12.8 Å². The van der Waals surface area contributed by atoms with Crippen LogP contribution in [-0.4, -0.2) is 54.8 Å². The molecular formula is C17H32N2O4. The van der Waals surface area contributed by atoms with Crippen LogP contribution in [0.3, 0.4) is 0 Å². The van der Waals surface area contributed by atoms with Crippen LogP contribution in [0, 0.1) is 5.41 Å². The molecule has 134 valence electrons. The molecule has 6 heteroatoms. The Morgan fingerprint density at radius 2 is 1.83 bits per heavy atom. The summed E-state index contributed by atoms with van der Waals surface area (Å²) in [6.07, 6.45) is 1.33. The summed E-state index contributed by atoms with van der Waals surface area (Å²) >= 11 is 0.